The molecule has 0 heterocycles. The average Bonchev–Trinajstić information content (AvgIpc) is 1.98. The third kappa shape index (κ3) is 4.73. The molecule has 0 aliphatic heterocycles. The molecule has 0 aromatic rings. The predicted octanol–water partition coefficient (Wildman–Crippen LogP) is 1.78. The highest BCUT2D eigenvalue weighted by atomic mass is 16.3. The molecule has 0 saturated carbocycles. The quantitative estimate of drug-likeness (QED) is 0.600. The summed E-state index contributed by atoms with van der Waals surface area (Å²) >= 11 is 0. The fourth-order valence-electron chi connectivity index (χ4n) is 0.847. The summed E-state index contributed by atoms with van der Waals surface area (Å²) in [6, 6.07) is 0. The first kappa shape index (κ1) is 11.9. The van der Waals surface area contributed by atoms with Crippen LogP contribution in [0.2, 0.25) is 0 Å². The van der Waals surface area contributed by atoms with Gasteiger partial charge in [-0.15, -0.1) is 0 Å². The smallest absolute Gasteiger partial charge is 0.0766 e. The minimum atomic E-state index is -0.562. The first-order valence-corrected chi connectivity index (χ1v) is 4.93. The van der Waals surface area contributed by atoms with Crippen molar-refractivity contribution in [1.29, 1.82) is 0 Å². The molecule has 0 bridgehead atoms. The Labute approximate surface area is 76.4 Å². The highest BCUT2D eigenvalue weighted by molar-refractivity contribution is 4.78. The number of hydrogen-bond acceptors (Lipinski definition) is 2. The van der Waals surface area contributed by atoms with Crippen LogP contribution in [-0.2, 0) is 0 Å². The number of unbranched alkanes of at least 4 members (excludes halogenated alkanes) is 1. The van der Waals surface area contributed by atoms with Crippen LogP contribution in [0.25, 0.3) is 0 Å². The van der Waals surface area contributed by atoms with Gasteiger partial charge in [-0.05, 0) is 25.8 Å². The maximum atomic E-state index is 9.83. The van der Waals surface area contributed by atoms with Crippen LogP contribution in [0.1, 0.15) is 40.5 Å². The van der Waals surface area contributed by atoms with Crippen molar-refractivity contribution >= 4 is 0 Å². The van der Waals surface area contributed by atoms with E-state index in [-0.39, 0.29) is 0 Å². The van der Waals surface area contributed by atoms with Crippen LogP contribution in [0, 0.1) is 5.92 Å². The third-order valence-electron chi connectivity index (χ3n) is 2.43. The highest BCUT2D eigenvalue weighted by Crippen LogP contribution is 2.14. The van der Waals surface area contributed by atoms with Gasteiger partial charge >= 0.3 is 0 Å². The van der Waals surface area contributed by atoms with E-state index < -0.39 is 5.60 Å². The maximum Gasteiger partial charge on any atom is 0.0766 e. The van der Waals surface area contributed by atoms with E-state index in [4.69, 9.17) is 0 Å². The lowest BCUT2D eigenvalue weighted by molar-refractivity contribution is 0.0144. The summed E-state index contributed by atoms with van der Waals surface area (Å²) in [5, 5.41) is 13.1. The molecule has 0 fully saturated rings. The summed E-state index contributed by atoms with van der Waals surface area (Å²) in [6.07, 6.45) is 2.39. The molecule has 2 nitrogen and oxygen atoms in total. The van der Waals surface area contributed by atoms with Gasteiger partial charge in [-0.1, -0.05) is 27.2 Å². The molecule has 0 rings (SSSR count). The maximum absolute atomic E-state index is 9.83. The van der Waals surface area contributed by atoms with Gasteiger partial charge in [0.1, 0.15) is 0 Å². The second kappa shape index (κ2) is 5.55. The third-order valence-corrected chi connectivity index (χ3v) is 2.43. The van der Waals surface area contributed by atoms with Gasteiger partial charge in [0.05, 0.1) is 5.60 Å². The van der Waals surface area contributed by atoms with E-state index in [0.717, 1.165) is 6.54 Å². The van der Waals surface area contributed by atoms with E-state index in [0.29, 0.717) is 12.5 Å². The van der Waals surface area contributed by atoms with E-state index in [2.05, 4.69) is 12.2 Å². The van der Waals surface area contributed by atoms with E-state index >= 15 is 0 Å². The monoisotopic (exact) mass is 173 g/mol. The molecule has 12 heavy (non-hydrogen) atoms. The summed E-state index contributed by atoms with van der Waals surface area (Å²) in [5.74, 6) is 0.312. The molecule has 0 amide bonds. The minimum absolute atomic E-state index is 0.312. The van der Waals surface area contributed by atoms with Crippen LogP contribution in [0.4, 0.5) is 0 Å². The molecule has 0 spiro atoms. The average molecular weight is 173 g/mol. The fourth-order valence-corrected chi connectivity index (χ4v) is 0.847. The zero-order valence-corrected chi connectivity index (χ0v) is 8.85. The van der Waals surface area contributed by atoms with Gasteiger partial charge in [0.15, 0.2) is 0 Å². The molecule has 1 atom stereocenters. The molecule has 0 aromatic heterocycles. The minimum Gasteiger partial charge on any atom is -0.389 e. The lowest BCUT2D eigenvalue weighted by Crippen LogP contribution is -2.42. The topological polar surface area (TPSA) is 32.3 Å². The van der Waals surface area contributed by atoms with Crippen molar-refractivity contribution in [1.82, 2.24) is 5.32 Å². The molecule has 0 aliphatic rings. The Morgan fingerprint density at radius 1 is 1.42 bits per heavy atom. The van der Waals surface area contributed by atoms with Gasteiger partial charge in [0, 0.05) is 6.54 Å². The van der Waals surface area contributed by atoms with Crippen molar-refractivity contribution in [2.75, 3.05) is 13.1 Å². The summed E-state index contributed by atoms with van der Waals surface area (Å²) < 4.78 is 0. The standard InChI is InChI=1S/C10H23NO/c1-5-6-7-11-8-10(4,12)9(2)3/h9,11-12H,5-8H2,1-4H3. The predicted molar refractivity (Wildman–Crippen MR) is 53.2 cm³/mol. The lowest BCUT2D eigenvalue weighted by Gasteiger charge is -2.27. The van der Waals surface area contributed by atoms with Gasteiger partial charge in [0.25, 0.3) is 0 Å². The van der Waals surface area contributed by atoms with Crippen molar-refractivity contribution < 1.29 is 5.11 Å². The number of rotatable bonds is 6. The van der Waals surface area contributed by atoms with Crippen LogP contribution < -0.4 is 5.32 Å². The number of aliphatic hydroxyl groups is 1. The van der Waals surface area contributed by atoms with Gasteiger partial charge in [-0.3, -0.25) is 0 Å². The normalized spacial score (nSPS) is 16.5. The summed E-state index contributed by atoms with van der Waals surface area (Å²) in [6.45, 7) is 9.85. The Bertz CT molecular complexity index is 110. The summed E-state index contributed by atoms with van der Waals surface area (Å²) in [5.41, 5.74) is -0.562. The van der Waals surface area contributed by atoms with Gasteiger partial charge in [-0.25, -0.2) is 0 Å². The Balaban J connectivity index is 3.47. The van der Waals surface area contributed by atoms with Crippen LogP contribution in [-0.4, -0.2) is 23.8 Å². The second-order valence-corrected chi connectivity index (χ2v) is 4.04. The largest absolute Gasteiger partial charge is 0.389 e. The number of hydrogen-bond donors (Lipinski definition) is 2. The van der Waals surface area contributed by atoms with E-state index in [1.165, 1.54) is 12.8 Å². The van der Waals surface area contributed by atoms with Crippen molar-refractivity contribution in [2.45, 2.75) is 46.1 Å². The Morgan fingerprint density at radius 2 is 2.00 bits per heavy atom. The molecular formula is C10H23NO. The Kier molecular flexibility index (Phi) is 5.51. The summed E-state index contributed by atoms with van der Waals surface area (Å²) in [4.78, 5) is 0. The molecule has 1 unspecified atom stereocenters. The molecule has 0 saturated heterocycles. The van der Waals surface area contributed by atoms with E-state index in [1.54, 1.807) is 0 Å². The van der Waals surface area contributed by atoms with Crippen LogP contribution in [0.15, 0.2) is 0 Å². The van der Waals surface area contributed by atoms with Crippen LogP contribution in [0.3, 0.4) is 0 Å². The van der Waals surface area contributed by atoms with Crippen LogP contribution >= 0.6 is 0 Å². The summed E-state index contributed by atoms with van der Waals surface area (Å²) in [7, 11) is 0. The zero-order valence-electron chi connectivity index (χ0n) is 8.85. The Hall–Kier alpha value is -0.0800. The van der Waals surface area contributed by atoms with Gasteiger partial charge in [0.2, 0.25) is 0 Å². The molecule has 2 N–H and O–H groups in total. The van der Waals surface area contributed by atoms with Crippen molar-refractivity contribution in [2.24, 2.45) is 5.92 Å². The first-order chi connectivity index (χ1) is 5.50. The van der Waals surface area contributed by atoms with Gasteiger partial charge < -0.3 is 10.4 Å². The Morgan fingerprint density at radius 3 is 2.42 bits per heavy atom. The van der Waals surface area contributed by atoms with E-state index in [1.807, 2.05) is 20.8 Å². The molecule has 0 radical (unpaired) electrons. The van der Waals surface area contributed by atoms with Crippen molar-refractivity contribution in [3.05, 3.63) is 0 Å². The van der Waals surface area contributed by atoms with Gasteiger partial charge in [-0.2, -0.15) is 0 Å². The SMILES string of the molecule is CCCCNCC(C)(O)C(C)C. The highest BCUT2D eigenvalue weighted by Gasteiger charge is 2.23. The first-order valence-electron chi connectivity index (χ1n) is 4.93. The zero-order chi connectivity index (χ0) is 9.61. The molecule has 2 heteroatoms. The molecule has 0 aromatic carbocycles. The molecule has 0 aliphatic carbocycles. The lowest BCUT2D eigenvalue weighted by atomic mass is 9.92. The van der Waals surface area contributed by atoms with Crippen molar-refractivity contribution in [3.63, 3.8) is 0 Å². The molecular weight excluding hydrogens is 150 g/mol. The van der Waals surface area contributed by atoms with E-state index in [9.17, 15) is 5.11 Å². The van der Waals surface area contributed by atoms with Crippen molar-refractivity contribution in [3.8, 4) is 0 Å². The second-order valence-electron chi connectivity index (χ2n) is 4.04. The fraction of sp³-hybridized carbons (Fsp3) is 1.00. The number of nitrogens with one attached hydrogen (secondary N) is 1. The van der Waals surface area contributed by atoms with Crippen LogP contribution in [0.5, 0.6) is 0 Å². The molecule has 74 valence electrons.